The highest BCUT2D eigenvalue weighted by Crippen LogP contribution is 2.18. The standard InChI is InChI=1S/C20H23N5O/c1-24(14-15-4-2-6-19-18(15)5-3-9-22-19)20(26)8-7-16-12-17-13-21-10-11-25(17)23-16/h2-6,9,12,21H,7-8,10-11,13-14H2,1H3. The van der Waals surface area contributed by atoms with Crippen LogP contribution in [-0.2, 0) is 30.8 Å². The van der Waals surface area contributed by atoms with Crippen LogP contribution in [0.15, 0.2) is 42.6 Å². The van der Waals surface area contributed by atoms with Crippen molar-refractivity contribution in [3.63, 3.8) is 0 Å². The van der Waals surface area contributed by atoms with Gasteiger partial charge in [-0.15, -0.1) is 0 Å². The van der Waals surface area contributed by atoms with E-state index in [0.29, 0.717) is 19.4 Å². The van der Waals surface area contributed by atoms with E-state index in [0.717, 1.165) is 41.8 Å². The van der Waals surface area contributed by atoms with Crippen LogP contribution in [0.1, 0.15) is 23.4 Å². The Labute approximate surface area is 152 Å². The first-order valence-electron chi connectivity index (χ1n) is 9.03. The maximum Gasteiger partial charge on any atom is 0.223 e. The number of carbonyl (C=O) groups is 1. The van der Waals surface area contributed by atoms with Crippen LogP contribution in [0.5, 0.6) is 0 Å². The zero-order valence-electron chi connectivity index (χ0n) is 15.0. The lowest BCUT2D eigenvalue weighted by atomic mass is 10.1. The van der Waals surface area contributed by atoms with Crippen molar-refractivity contribution in [2.45, 2.75) is 32.5 Å². The van der Waals surface area contributed by atoms with E-state index >= 15 is 0 Å². The summed E-state index contributed by atoms with van der Waals surface area (Å²) in [5.41, 5.74) is 4.29. The average molecular weight is 349 g/mol. The number of nitrogens with one attached hydrogen (secondary N) is 1. The van der Waals surface area contributed by atoms with Crippen LogP contribution < -0.4 is 5.32 Å². The van der Waals surface area contributed by atoms with Gasteiger partial charge in [0, 0.05) is 51.1 Å². The molecule has 0 saturated carbocycles. The number of carbonyl (C=O) groups excluding carboxylic acids is 1. The second-order valence-corrected chi connectivity index (χ2v) is 6.76. The first-order chi connectivity index (χ1) is 12.7. The summed E-state index contributed by atoms with van der Waals surface area (Å²) < 4.78 is 2.04. The lowest BCUT2D eigenvalue weighted by molar-refractivity contribution is -0.130. The number of amides is 1. The Hall–Kier alpha value is -2.73. The fraction of sp³-hybridized carbons (Fsp3) is 0.350. The number of hydrogen-bond donors (Lipinski definition) is 1. The minimum absolute atomic E-state index is 0.134. The van der Waals surface area contributed by atoms with Gasteiger partial charge in [-0.25, -0.2) is 0 Å². The first-order valence-corrected chi connectivity index (χ1v) is 9.03. The van der Waals surface area contributed by atoms with Crippen molar-refractivity contribution in [2.24, 2.45) is 0 Å². The normalized spacial score (nSPS) is 13.6. The van der Waals surface area contributed by atoms with Crippen LogP contribution in [-0.4, -0.2) is 39.2 Å². The fourth-order valence-electron chi connectivity index (χ4n) is 3.45. The Morgan fingerprint density at radius 3 is 3.12 bits per heavy atom. The van der Waals surface area contributed by atoms with Gasteiger partial charge in [-0.2, -0.15) is 5.10 Å². The molecule has 0 aliphatic carbocycles. The summed E-state index contributed by atoms with van der Waals surface area (Å²) in [6.45, 7) is 3.30. The molecule has 134 valence electrons. The van der Waals surface area contributed by atoms with E-state index in [1.807, 2.05) is 29.9 Å². The molecule has 6 nitrogen and oxygen atoms in total. The molecule has 0 unspecified atom stereocenters. The third kappa shape index (κ3) is 3.46. The smallest absolute Gasteiger partial charge is 0.223 e. The summed E-state index contributed by atoms with van der Waals surface area (Å²) in [5, 5.41) is 9.04. The predicted octanol–water partition coefficient (Wildman–Crippen LogP) is 2.13. The van der Waals surface area contributed by atoms with Crippen LogP contribution in [0.2, 0.25) is 0 Å². The van der Waals surface area contributed by atoms with E-state index in [4.69, 9.17) is 0 Å². The molecule has 0 saturated heterocycles. The van der Waals surface area contributed by atoms with Gasteiger partial charge in [0.05, 0.1) is 23.4 Å². The molecule has 0 radical (unpaired) electrons. The number of hydrogen-bond acceptors (Lipinski definition) is 4. The van der Waals surface area contributed by atoms with E-state index in [9.17, 15) is 4.79 Å². The van der Waals surface area contributed by atoms with Gasteiger partial charge in [-0.1, -0.05) is 18.2 Å². The van der Waals surface area contributed by atoms with Gasteiger partial charge in [-0.05, 0) is 23.8 Å². The molecular formula is C20H23N5O. The topological polar surface area (TPSA) is 63.1 Å². The molecule has 0 spiro atoms. The summed E-state index contributed by atoms with van der Waals surface area (Å²) in [6.07, 6.45) is 2.95. The highest BCUT2D eigenvalue weighted by molar-refractivity contribution is 5.83. The Morgan fingerprint density at radius 2 is 2.23 bits per heavy atom. The third-order valence-corrected chi connectivity index (χ3v) is 4.88. The van der Waals surface area contributed by atoms with Crippen LogP contribution in [0.25, 0.3) is 10.9 Å². The lowest BCUT2D eigenvalue weighted by Gasteiger charge is -2.18. The number of nitrogens with zero attached hydrogens (tertiary/aromatic N) is 4. The zero-order valence-corrected chi connectivity index (χ0v) is 15.0. The minimum atomic E-state index is 0.134. The van der Waals surface area contributed by atoms with Gasteiger partial charge < -0.3 is 10.2 Å². The average Bonchev–Trinajstić information content (AvgIpc) is 3.09. The van der Waals surface area contributed by atoms with Gasteiger partial charge >= 0.3 is 0 Å². The summed E-state index contributed by atoms with van der Waals surface area (Å²) in [5.74, 6) is 0.134. The summed E-state index contributed by atoms with van der Waals surface area (Å²) in [4.78, 5) is 18.7. The lowest BCUT2D eigenvalue weighted by Crippen LogP contribution is -2.28. The number of benzene rings is 1. The molecule has 0 fully saturated rings. The minimum Gasteiger partial charge on any atom is -0.341 e. The summed E-state index contributed by atoms with van der Waals surface area (Å²) in [6, 6.07) is 12.1. The molecule has 1 N–H and O–H groups in total. The third-order valence-electron chi connectivity index (χ3n) is 4.88. The number of pyridine rings is 1. The number of fused-ring (bicyclic) bond motifs is 2. The van der Waals surface area contributed by atoms with Gasteiger partial charge in [0.15, 0.2) is 0 Å². The Balaban J connectivity index is 1.39. The number of aromatic nitrogens is 3. The highest BCUT2D eigenvalue weighted by Gasteiger charge is 2.15. The SMILES string of the molecule is CN(Cc1cccc2ncccc12)C(=O)CCc1cc2n(n1)CCNC2. The molecule has 1 aliphatic rings. The Kier molecular flexibility index (Phi) is 4.67. The zero-order chi connectivity index (χ0) is 17.9. The molecule has 4 rings (SSSR count). The molecule has 3 aromatic rings. The van der Waals surface area contributed by atoms with Gasteiger partial charge in [0.1, 0.15) is 0 Å². The maximum atomic E-state index is 12.6. The molecular weight excluding hydrogens is 326 g/mol. The maximum absolute atomic E-state index is 12.6. The van der Waals surface area contributed by atoms with E-state index in [2.05, 4.69) is 33.6 Å². The summed E-state index contributed by atoms with van der Waals surface area (Å²) in [7, 11) is 1.86. The largest absolute Gasteiger partial charge is 0.341 e. The first kappa shape index (κ1) is 16.7. The van der Waals surface area contributed by atoms with Crippen molar-refractivity contribution >= 4 is 16.8 Å². The Morgan fingerprint density at radius 1 is 1.31 bits per heavy atom. The van der Waals surface area contributed by atoms with E-state index < -0.39 is 0 Å². The highest BCUT2D eigenvalue weighted by atomic mass is 16.2. The molecule has 3 heterocycles. The summed E-state index contributed by atoms with van der Waals surface area (Å²) >= 11 is 0. The van der Waals surface area contributed by atoms with Crippen LogP contribution in [0.3, 0.4) is 0 Å². The van der Waals surface area contributed by atoms with Gasteiger partial charge in [0.2, 0.25) is 5.91 Å². The van der Waals surface area contributed by atoms with Gasteiger partial charge in [-0.3, -0.25) is 14.5 Å². The van der Waals surface area contributed by atoms with Crippen molar-refractivity contribution in [3.05, 3.63) is 59.5 Å². The molecule has 2 aromatic heterocycles. The van der Waals surface area contributed by atoms with Gasteiger partial charge in [0.25, 0.3) is 0 Å². The van der Waals surface area contributed by atoms with Crippen molar-refractivity contribution in [1.82, 2.24) is 25.0 Å². The molecule has 1 aromatic carbocycles. The molecule has 1 aliphatic heterocycles. The quantitative estimate of drug-likeness (QED) is 0.766. The second kappa shape index (κ2) is 7.25. The molecule has 0 atom stereocenters. The monoisotopic (exact) mass is 349 g/mol. The van der Waals surface area contributed by atoms with E-state index in [1.54, 1.807) is 11.1 Å². The fourth-order valence-corrected chi connectivity index (χ4v) is 3.45. The molecule has 0 bridgehead atoms. The van der Waals surface area contributed by atoms with E-state index in [1.165, 1.54) is 5.69 Å². The van der Waals surface area contributed by atoms with Crippen molar-refractivity contribution < 1.29 is 4.79 Å². The molecule has 1 amide bonds. The molecule has 6 heteroatoms. The Bertz CT molecular complexity index is 904. The van der Waals surface area contributed by atoms with Crippen LogP contribution in [0, 0.1) is 0 Å². The second-order valence-electron chi connectivity index (χ2n) is 6.76. The van der Waals surface area contributed by atoms with E-state index in [-0.39, 0.29) is 5.91 Å². The van der Waals surface area contributed by atoms with Crippen molar-refractivity contribution in [2.75, 3.05) is 13.6 Å². The van der Waals surface area contributed by atoms with Crippen molar-refractivity contribution in [1.29, 1.82) is 0 Å². The number of aryl methyl sites for hydroxylation is 1. The van der Waals surface area contributed by atoms with Crippen LogP contribution in [0.4, 0.5) is 0 Å². The number of rotatable bonds is 5. The van der Waals surface area contributed by atoms with Crippen LogP contribution >= 0.6 is 0 Å². The van der Waals surface area contributed by atoms with Crippen molar-refractivity contribution in [3.8, 4) is 0 Å². The molecule has 26 heavy (non-hydrogen) atoms. The predicted molar refractivity (Wildman–Crippen MR) is 100 cm³/mol.